The Balaban J connectivity index is 2.65. The van der Waals surface area contributed by atoms with Gasteiger partial charge >= 0.3 is 0 Å². The van der Waals surface area contributed by atoms with E-state index in [0.29, 0.717) is 6.04 Å². The van der Waals surface area contributed by atoms with Crippen LogP contribution in [0.3, 0.4) is 0 Å². The maximum absolute atomic E-state index is 6.39. The lowest BCUT2D eigenvalue weighted by atomic mass is 9.78. The molecule has 1 aromatic heterocycles. The first-order valence-electron chi connectivity index (χ1n) is 18.0. The van der Waals surface area contributed by atoms with Crippen LogP contribution in [0.1, 0.15) is 153 Å². The molecule has 43 heavy (non-hydrogen) atoms. The smallest absolute Gasteiger partial charge is 0.232 e. The van der Waals surface area contributed by atoms with Crippen molar-refractivity contribution in [1.82, 2.24) is 20.0 Å². The van der Waals surface area contributed by atoms with Crippen molar-refractivity contribution in [3.05, 3.63) is 0 Å². The molecule has 1 fully saturated rings. The molecule has 8 heteroatoms. The van der Waals surface area contributed by atoms with Crippen molar-refractivity contribution in [3.63, 3.8) is 0 Å². The number of unbranched alkanes of at least 4 members (excludes halogenated alkanes) is 5. The van der Waals surface area contributed by atoms with Crippen molar-refractivity contribution in [1.29, 1.82) is 0 Å². The standard InChI is InChI=1S/C35H69N7O/c1-11-17-22-39(23-18-12-2)31-36-32(40(24-19-13-3)25-20-14-4)38-33(37-31)41(26-21-15-5)30-28-34(7,8)42(43-27-16-6)35(9,10)29-30/h30H,11-29H2,1-10H3. The Morgan fingerprint density at radius 3 is 1.33 bits per heavy atom. The molecule has 0 spiro atoms. The van der Waals surface area contributed by atoms with Crippen LogP contribution in [0, 0.1) is 0 Å². The van der Waals surface area contributed by atoms with Crippen LogP contribution in [0.25, 0.3) is 0 Å². The zero-order valence-electron chi connectivity index (χ0n) is 30.1. The highest BCUT2D eigenvalue weighted by Crippen LogP contribution is 2.41. The summed E-state index contributed by atoms with van der Waals surface area (Å²) >= 11 is 0. The summed E-state index contributed by atoms with van der Waals surface area (Å²) in [6.07, 6.45) is 14.5. The molecule has 1 aliphatic heterocycles. The summed E-state index contributed by atoms with van der Waals surface area (Å²) in [5.74, 6) is 2.59. The Kier molecular flexibility index (Phi) is 16.6. The molecule has 0 unspecified atom stereocenters. The lowest BCUT2D eigenvalue weighted by Gasteiger charge is -2.55. The number of nitrogens with zero attached hydrogens (tertiary/aromatic N) is 7. The van der Waals surface area contributed by atoms with Crippen LogP contribution in [-0.4, -0.2) is 76.5 Å². The molecule has 250 valence electrons. The molecular weight excluding hydrogens is 534 g/mol. The molecule has 0 N–H and O–H groups in total. The van der Waals surface area contributed by atoms with Crippen molar-refractivity contribution in [2.24, 2.45) is 0 Å². The van der Waals surface area contributed by atoms with Gasteiger partial charge in [0, 0.05) is 49.8 Å². The summed E-state index contributed by atoms with van der Waals surface area (Å²) < 4.78 is 0. The largest absolute Gasteiger partial charge is 0.341 e. The fraction of sp³-hybridized carbons (Fsp3) is 0.914. The van der Waals surface area contributed by atoms with Crippen molar-refractivity contribution in [2.75, 3.05) is 54.0 Å². The van der Waals surface area contributed by atoms with E-state index in [9.17, 15) is 0 Å². The van der Waals surface area contributed by atoms with Gasteiger partial charge in [-0.15, -0.1) is 0 Å². The lowest BCUT2D eigenvalue weighted by molar-refractivity contribution is -0.282. The third kappa shape index (κ3) is 11.3. The van der Waals surface area contributed by atoms with Gasteiger partial charge in [-0.1, -0.05) is 73.6 Å². The molecule has 0 atom stereocenters. The highest BCUT2D eigenvalue weighted by atomic mass is 16.7. The Hall–Kier alpha value is -1.67. The molecule has 2 rings (SSSR count). The number of hydrogen-bond acceptors (Lipinski definition) is 8. The highest BCUT2D eigenvalue weighted by Gasteiger charge is 2.48. The number of aromatic nitrogens is 3. The minimum Gasteiger partial charge on any atom is -0.341 e. The fourth-order valence-electron chi connectivity index (χ4n) is 6.51. The van der Waals surface area contributed by atoms with Gasteiger partial charge in [-0.3, -0.25) is 4.84 Å². The van der Waals surface area contributed by atoms with Gasteiger partial charge in [0.05, 0.1) is 6.61 Å². The van der Waals surface area contributed by atoms with Crippen molar-refractivity contribution >= 4 is 17.8 Å². The van der Waals surface area contributed by atoms with Crippen LogP contribution in [-0.2, 0) is 4.84 Å². The highest BCUT2D eigenvalue weighted by molar-refractivity contribution is 5.47. The average molecular weight is 604 g/mol. The van der Waals surface area contributed by atoms with Gasteiger partial charge in [0.2, 0.25) is 17.8 Å². The maximum atomic E-state index is 6.39. The van der Waals surface area contributed by atoms with Gasteiger partial charge in [0.1, 0.15) is 0 Å². The molecule has 8 nitrogen and oxygen atoms in total. The normalized spacial score (nSPS) is 16.9. The summed E-state index contributed by atoms with van der Waals surface area (Å²) in [7, 11) is 0. The van der Waals surface area contributed by atoms with E-state index < -0.39 is 0 Å². The number of hydrogen-bond donors (Lipinski definition) is 0. The first-order valence-corrected chi connectivity index (χ1v) is 18.0. The second kappa shape index (κ2) is 19.0. The summed E-state index contributed by atoms with van der Waals surface area (Å²) in [5, 5.41) is 2.29. The zero-order chi connectivity index (χ0) is 31.9. The average Bonchev–Trinajstić information content (AvgIpc) is 2.96. The third-order valence-electron chi connectivity index (χ3n) is 8.74. The molecule has 2 heterocycles. The summed E-state index contributed by atoms with van der Waals surface area (Å²) in [5.41, 5.74) is -0.208. The zero-order valence-corrected chi connectivity index (χ0v) is 30.1. The molecule has 0 aromatic carbocycles. The topological polar surface area (TPSA) is 60.9 Å². The van der Waals surface area contributed by atoms with Crippen molar-refractivity contribution in [2.45, 2.75) is 170 Å². The van der Waals surface area contributed by atoms with Crippen LogP contribution in [0.5, 0.6) is 0 Å². The fourth-order valence-corrected chi connectivity index (χ4v) is 6.51. The molecule has 1 saturated heterocycles. The maximum Gasteiger partial charge on any atom is 0.232 e. The van der Waals surface area contributed by atoms with E-state index in [1.165, 1.54) is 0 Å². The van der Waals surface area contributed by atoms with Crippen molar-refractivity contribution < 1.29 is 4.84 Å². The molecule has 1 aromatic rings. The molecule has 0 bridgehead atoms. The predicted molar refractivity (Wildman–Crippen MR) is 185 cm³/mol. The van der Waals surface area contributed by atoms with Gasteiger partial charge in [-0.05, 0) is 79.1 Å². The summed E-state index contributed by atoms with van der Waals surface area (Å²) in [4.78, 5) is 29.7. The Bertz CT molecular complexity index is 821. The van der Waals surface area contributed by atoms with E-state index in [1.807, 2.05) is 0 Å². The van der Waals surface area contributed by atoms with E-state index in [1.54, 1.807) is 0 Å². The van der Waals surface area contributed by atoms with E-state index >= 15 is 0 Å². The van der Waals surface area contributed by atoms with Crippen LogP contribution in [0.4, 0.5) is 17.8 Å². The van der Waals surface area contributed by atoms with Gasteiger partial charge in [0.25, 0.3) is 0 Å². The minimum absolute atomic E-state index is 0.104. The van der Waals surface area contributed by atoms with Gasteiger partial charge in [-0.2, -0.15) is 20.0 Å². The number of piperidine rings is 1. The Labute approximate surface area is 266 Å². The van der Waals surface area contributed by atoms with Gasteiger partial charge in [-0.25, -0.2) is 0 Å². The molecule has 0 saturated carbocycles. The Morgan fingerprint density at radius 2 is 0.953 bits per heavy atom. The first kappa shape index (κ1) is 37.5. The van der Waals surface area contributed by atoms with Crippen molar-refractivity contribution in [3.8, 4) is 0 Å². The molecule has 0 radical (unpaired) electrons. The van der Waals surface area contributed by atoms with Crippen LogP contribution in [0.15, 0.2) is 0 Å². The van der Waals surface area contributed by atoms with Crippen LogP contribution in [0.2, 0.25) is 0 Å². The van der Waals surface area contributed by atoms with Crippen LogP contribution < -0.4 is 14.7 Å². The van der Waals surface area contributed by atoms with E-state index in [2.05, 4.69) is 89.0 Å². The minimum atomic E-state index is -0.104. The van der Waals surface area contributed by atoms with Gasteiger partial charge < -0.3 is 14.7 Å². The molecular formula is C35H69N7O. The van der Waals surface area contributed by atoms with E-state index in [4.69, 9.17) is 19.8 Å². The monoisotopic (exact) mass is 604 g/mol. The van der Waals surface area contributed by atoms with Crippen LogP contribution >= 0.6 is 0 Å². The second-order valence-corrected chi connectivity index (χ2v) is 14.0. The molecule has 0 amide bonds. The second-order valence-electron chi connectivity index (χ2n) is 14.0. The number of anilines is 3. The number of hydroxylamine groups is 2. The summed E-state index contributed by atoms with van der Waals surface area (Å²) in [6.45, 7) is 28.6. The molecule has 1 aliphatic rings. The quantitative estimate of drug-likeness (QED) is 0.130. The molecule has 0 aliphatic carbocycles. The summed E-state index contributed by atoms with van der Waals surface area (Å²) in [6, 6.07) is 0.320. The third-order valence-corrected chi connectivity index (χ3v) is 8.74. The predicted octanol–water partition coefficient (Wildman–Crippen LogP) is 8.65. The SMILES string of the molecule is CCCCN(CCCC)c1nc(N(CCCC)CCCC)nc(N(CCCC)C2CC(C)(C)N(OCCC)C(C)(C)C2)n1. The van der Waals surface area contributed by atoms with E-state index in [-0.39, 0.29) is 11.1 Å². The first-order chi connectivity index (χ1) is 20.6. The number of rotatable bonds is 22. The van der Waals surface area contributed by atoms with E-state index in [0.717, 1.165) is 141 Å². The Morgan fingerprint density at radius 1 is 0.581 bits per heavy atom. The van der Waals surface area contributed by atoms with Gasteiger partial charge in [0.15, 0.2) is 0 Å². The lowest BCUT2D eigenvalue weighted by Crippen LogP contribution is -2.64.